The molecule has 1 N–H and O–H groups in total. The standard InChI is InChI=1S/C21H17BrFN3O2S/c1-13-7-8-15(11-17(13)22)24-20(28)10-9-16-12-29-21(25-16)26(14(2)27)19-6-4-3-5-18(19)23/h3-12H,1-2H3,(H,24,28). The van der Waals surface area contributed by atoms with Crippen LogP contribution in [0.3, 0.4) is 0 Å². The number of aromatic nitrogens is 1. The number of carbonyl (C=O) groups excluding carboxylic acids is 2. The van der Waals surface area contributed by atoms with Crippen molar-refractivity contribution < 1.29 is 14.0 Å². The molecule has 2 aromatic carbocycles. The largest absolute Gasteiger partial charge is 0.322 e. The van der Waals surface area contributed by atoms with Crippen LogP contribution < -0.4 is 10.2 Å². The molecule has 0 saturated carbocycles. The smallest absolute Gasteiger partial charge is 0.248 e. The van der Waals surface area contributed by atoms with Crippen molar-refractivity contribution in [3.8, 4) is 0 Å². The van der Waals surface area contributed by atoms with Gasteiger partial charge in [-0.2, -0.15) is 0 Å². The van der Waals surface area contributed by atoms with Crippen LogP contribution in [0.25, 0.3) is 6.08 Å². The molecular formula is C21H17BrFN3O2S. The lowest BCUT2D eigenvalue weighted by molar-refractivity contribution is -0.116. The number of benzene rings is 2. The molecule has 0 aliphatic carbocycles. The summed E-state index contributed by atoms with van der Waals surface area (Å²) in [5, 5.41) is 4.78. The van der Waals surface area contributed by atoms with Gasteiger partial charge in [0.15, 0.2) is 5.13 Å². The molecule has 0 spiro atoms. The van der Waals surface area contributed by atoms with E-state index >= 15 is 0 Å². The molecule has 0 unspecified atom stereocenters. The monoisotopic (exact) mass is 473 g/mol. The zero-order valence-corrected chi connectivity index (χ0v) is 18.1. The summed E-state index contributed by atoms with van der Waals surface area (Å²) in [6.45, 7) is 3.30. The first-order valence-electron chi connectivity index (χ1n) is 8.61. The predicted molar refractivity (Wildman–Crippen MR) is 118 cm³/mol. The van der Waals surface area contributed by atoms with Crippen molar-refractivity contribution >= 4 is 61.7 Å². The molecule has 0 aliphatic rings. The maximum atomic E-state index is 14.1. The number of hydrogen-bond donors (Lipinski definition) is 1. The first kappa shape index (κ1) is 20.9. The highest BCUT2D eigenvalue weighted by molar-refractivity contribution is 9.10. The topological polar surface area (TPSA) is 62.3 Å². The molecule has 3 aromatic rings. The van der Waals surface area contributed by atoms with E-state index in [-0.39, 0.29) is 17.5 Å². The number of rotatable bonds is 5. The molecule has 2 amide bonds. The molecule has 5 nitrogen and oxygen atoms in total. The lowest BCUT2D eigenvalue weighted by Gasteiger charge is -2.18. The first-order valence-corrected chi connectivity index (χ1v) is 10.3. The lowest BCUT2D eigenvalue weighted by atomic mass is 10.2. The van der Waals surface area contributed by atoms with Crippen LogP contribution in [0, 0.1) is 12.7 Å². The third-order valence-electron chi connectivity index (χ3n) is 3.95. The summed E-state index contributed by atoms with van der Waals surface area (Å²) in [5.41, 5.74) is 2.36. The van der Waals surface area contributed by atoms with Gasteiger partial charge >= 0.3 is 0 Å². The Kier molecular flexibility index (Phi) is 6.56. The van der Waals surface area contributed by atoms with Gasteiger partial charge in [-0.05, 0) is 42.8 Å². The molecule has 0 radical (unpaired) electrons. The van der Waals surface area contributed by atoms with Crippen LogP contribution in [0.2, 0.25) is 0 Å². The van der Waals surface area contributed by atoms with Gasteiger partial charge in [-0.3, -0.25) is 14.5 Å². The fourth-order valence-electron chi connectivity index (χ4n) is 2.51. The minimum absolute atomic E-state index is 0.132. The van der Waals surface area contributed by atoms with Crippen LogP contribution in [0.4, 0.5) is 20.9 Å². The molecule has 0 fully saturated rings. The fraction of sp³-hybridized carbons (Fsp3) is 0.0952. The zero-order valence-electron chi connectivity index (χ0n) is 15.6. The van der Waals surface area contributed by atoms with Crippen molar-refractivity contribution in [1.29, 1.82) is 0 Å². The van der Waals surface area contributed by atoms with Gasteiger partial charge in [0, 0.05) is 28.5 Å². The molecule has 1 aromatic heterocycles. The third kappa shape index (κ3) is 5.16. The second kappa shape index (κ2) is 9.11. The van der Waals surface area contributed by atoms with E-state index in [9.17, 15) is 14.0 Å². The van der Waals surface area contributed by atoms with Crippen molar-refractivity contribution in [2.24, 2.45) is 0 Å². The van der Waals surface area contributed by atoms with Crippen LogP contribution in [0.5, 0.6) is 0 Å². The quantitative estimate of drug-likeness (QED) is 0.484. The third-order valence-corrected chi connectivity index (χ3v) is 5.65. The first-order chi connectivity index (χ1) is 13.8. The van der Waals surface area contributed by atoms with Crippen molar-refractivity contribution in [2.75, 3.05) is 10.2 Å². The van der Waals surface area contributed by atoms with Gasteiger partial charge in [-0.15, -0.1) is 11.3 Å². The predicted octanol–water partition coefficient (Wildman–Crippen LogP) is 5.69. The number of halogens is 2. The summed E-state index contributed by atoms with van der Waals surface area (Å²) in [5.74, 6) is -1.19. The number of hydrogen-bond acceptors (Lipinski definition) is 4. The molecule has 0 aliphatic heterocycles. The number of para-hydroxylation sites is 1. The summed E-state index contributed by atoms with van der Waals surface area (Å²) in [7, 11) is 0. The maximum absolute atomic E-state index is 14.1. The molecule has 0 bridgehead atoms. The molecule has 148 valence electrons. The second-order valence-electron chi connectivity index (χ2n) is 6.15. The lowest BCUT2D eigenvalue weighted by Crippen LogP contribution is -2.23. The van der Waals surface area contributed by atoms with Gasteiger partial charge in [-0.1, -0.05) is 34.1 Å². The highest BCUT2D eigenvalue weighted by Crippen LogP contribution is 2.31. The molecule has 0 saturated heterocycles. The van der Waals surface area contributed by atoms with E-state index in [0.717, 1.165) is 10.0 Å². The number of nitrogens with zero attached hydrogens (tertiary/aromatic N) is 2. The van der Waals surface area contributed by atoms with Crippen molar-refractivity contribution in [3.05, 3.63) is 75.5 Å². The molecule has 0 atom stereocenters. The molecule has 29 heavy (non-hydrogen) atoms. The van der Waals surface area contributed by atoms with E-state index in [4.69, 9.17) is 0 Å². The van der Waals surface area contributed by atoms with Gasteiger partial charge in [0.05, 0.1) is 11.4 Å². The van der Waals surface area contributed by atoms with Crippen LogP contribution in [-0.2, 0) is 9.59 Å². The minimum Gasteiger partial charge on any atom is -0.322 e. The van der Waals surface area contributed by atoms with Crippen LogP contribution in [-0.4, -0.2) is 16.8 Å². The Morgan fingerprint density at radius 2 is 2.00 bits per heavy atom. The van der Waals surface area contributed by atoms with Gasteiger partial charge < -0.3 is 5.32 Å². The van der Waals surface area contributed by atoms with Gasteiger partial charge in [0.25, 0.3) is 0 Å². The average molecular weight is 474 g/mol. The Balaban J connectivity index is 1.74. The number of amides is 2. The Bertz CT molecular complexity index is 1100. The van der Waals surface area contributed by atoms with Crippen molar-refractivity contribution in [2.45, 2.75) is 13.8 Å². The Morgan fingerprint density at radius 1 is 1.24 bits per heavy atom. The van der Waals surface area contributed by atoms with E-state index < -0.39 is 5.82 Å². The van der Waals surface area contributed by atoms with Gasteiger partial charge in [0.1, 0.15) is 5.82 Å². The zero-order chi connectivity index (χ0) is 21.0. The fourth-order valence-corrected chi connectivity index (χ4v) is 3.74. The Labute approximate surface area is 180 Å². The van der Waals surface area contributed by atoms with E-state index in [1.165, 1.54) is 47.4 Å². The summed E-state index contributed by atoms with van der Waals surface area (Å²) >= 11 is 4.61. The maximum Gasteiger partial charge on any atom is 0.248 e. The molecule has 3 rings (SSSR count). The number of anilines is 3. The van der Waals surface area contributed by atoms with E-state index in [1.807, 2.05) is 25.1 Å². The number of nitrogens with one attached hydrogen (secondary N) is 1. The normalized spacial score (nSPS) is 10.9. The summed E-state index contributed by atoms with van der Waals surface area (Å²) in [4.78, 5) is 29.8. The second-order valence-corrected chi connectivity index (χ2v) is 7.84. The summed E-state index contributed by atoms with van der Waals surface area (Å²) < 4.78 is 15.0. The number of carbonyl (C=O) groups is 2. The Hall–Kier alpha value is -2.84. The Morgan fingerprint density at radius 3 is 2.69 bits per heavy atom. The van der Waals surface area contributed by atoms with Crippen LogP contribution in [0.15, 0.2) is 58.4 Å². The average Bonchev–Trinajstić information content (AvgIpc) is 3.13. The van der Waals surface area contributed by atoms with E-state index in [0.29, 0.717) is 16.5 Å². The van der Waals surface area contributed by atoms with Gasteiger partial charge in [0.2, 0.25) is 11.8 Å². The molecular weight excluding hydrogens is 457 g/mol. The molecule has 1 heterocycles. The van der Waals surface area contributed by atoms with Crippen molar-refractivity contribution in [1.82, 2.24) is 4.98 Å². The van der Waals surface area contributed by atoms with Crippen LogP contribution >= 0.6 is 27.3 Å². The van der Waals surface area contributed by atoms with Crippen LogP contribution in [0.1, 0.15) is 18.2 Å². The van der Waals surface area contributed by atoms with E-state index in [2.05, 4.69) is 26.2 Å². The van der Waals surface area contributed by atoms with Gasteiger partial charge in [-0.25, -0.2) is 9.37 Å². The SMILES string of the molecule is CC(=O)N(c1nc(C=CC(=O)Nc2ccc(C)c(Br)c2)cs1)c1ccccc1F. The summed E-state index contributed by atoms with van der Waals surface area (Å²) in [6, 6.07) is 11.5. The minimum atomic E-state index is -0.515. The number of aryl methyl sites for hydroxylation is 1. The highest BCUT2D eigenvalue weighted by Gasteiger charge is 2.20. The number of thiazole rings is 1. The molecule has 8 heteroatoms. The summed E-state index contributed by atoms with van der Waals surface area (Å²) in [6.07, 6.45) is 2.89. The van der Waals surface area contributed by atoms with E-state index in [1.54, 1.807) is 17.5 Å². The van der Waals surface area contributed by atoms with Crippen molar-refractivity contribution in [3.63, 3.8) is 0 Å². The highest BCUT2D eigenvalue weighted by atomic mass is 79.9.